The van der Waals surface area contributed by atoms with E-state index in [1.54, 1.807) is 30.3 Å². The molecular weight excluding hydrogens is 314 g/mol. The number of anilines is 1. The molecule has 1 aliphatic heterocycles. The number of piperidine rings is 1. The fraction of sp³-hybridized carbons (Fsp3) is 0.400. The van der Waals surface area contributed by atoms with Crippen molar-refractivity contribution in [2.24, 2.45) is 13.0 Å². The molecule has 0 unspecified atom stereocenters. The minimum absolute atomic E-state index is 0.00885. The van der Waals surface area contributed by atoms with Gasteiger partial charge < -0.3 is 13.9 Å². The van der Waals surface area contributed by atoms with Gasteiger partial charge in [-0.1, -0.05) is 18.2 Å². The molecule has 0 amide bonds. The van der Waals surface area contributed by atoms with Crippen molar-refractivity contribution in [3.05, 3.63) is 58.8 Å². The highest BCUT2D eigenvalue weighted by Crippen LogP contribution is 2.27. The first kappa shape index (κ1) is 15.9. The standard InChI is InChI=1S/C20H23N3O2/c1-22-13-10-21-19(20(22)24)23-11-7-15(8-12-23)5-6-16-3-2-4-17-9-14-25-18(16)17/h2-4,9-10,13-15H,5-8,11-12H2,1H3. The molecule has 0 bridgehead atoms. The third-order valence-corrected chi connectivity index (χ3v) is 5.30. The van der Waals surface area contributed by atoms with E-state index in [1.807, 2.05) is 6.07 Å². The predicted molar refractivity (Wildman–Crippen MR) is 99.0 cm³/mol. The molecule has 3 heterocycles. The molecule has 0 saturated carbocycles. The maximum Gasteiger partial charge on any atom is 0.293 e. The summed E-state index contributed by atoms with van der Waals surface area (Å²) in [6.07, 6.45) is 9.58. The highest BCUT2D eigenvalue weighted by Gasteiger charge is 2.22. The summed E-state index contributed by atoms with van der Waals surface area (Å²) in [6.45, 7) is 1.81. The molecule has 0 aliphatic carbocycles. The summed E-state index contributed by atoms with van der Waals surface area (Å²) in [4.78, 5) is 18.6. The van der Waals surface area contributed by atoms with Crippen LogP contribution in [-0.2, 0) is 13.5 Å². The van der Waals surface area contributed by atoms with Crippen LogP contribution in [0.2, 0.25) is 0 Å². The summed E-state index contributed by atoms with van der Waals surface area (Å²) in [6, 6.07) is 8.38. The van der Waals surface area contributed by atoms with Crippen LogP contribution in [0.15, 0.2) is 52.1 Å². The van der Waals surface area contributed by atoms with Gasteiger partial charge in [0.1, 0.15) is 5.58 Å². The number of hydrogen-bond acceptors (Lipinski definition) is 4. The Bertz CT molecular complexity index is 920. The zero-order valence-corrected chi connectivity index (χ0v) is 14.5. The molecule has 130 valence electrons. The van der Waals surface area contributed by atoms with Crippen LogP contribution < -0.4 is 10.5 Å². The first-order valence-corrected chi connectivity index (χ1v) is 8.94. The van der Waals surface area contributed by atoms with Crippen LogP contribution in [0.4, 0.5) is 5.82 Å². The van der Waals surface area contributed by atoms with Gasteiger partial charge in [-0.15, -0.1) is 0 Å². The second-order valence-electron chi connectivity index (χ2n) is 6.89. The van der Waals surface area contributed by atoms with Crippen molar-refractivity contribution >= 4 is 16.8 Å². The molecular formula is C20H23N3O2. The van der Waals surface area contributed by atoms with Gasteiger partial charge in [0.05, 0.1) is 6.26 Å². The van der Waals surface area contributed by atoms with Gasteiger partial charge >= 0.3 is 0 Å². The van der Waals surface area contributed by atoms with Crippen LogP contribution >= 0.6 is 0 Å². The molecule has 2 aromatic heterocycles. The molecule has 4 rings (SSSR count). The maximum absolute atomic E-state index is 12.2. The van der Waals surface area contributed by atoms with Gasteiger partial charge in [0, 0.05) is 37.9 Å². The molecule has 1 saturated heterocycles. The number of rotatable bonds is 4. The highest BCUT2D eigenvalue weighted by molar-refractivity contribution is 5.80. The van der Waals surface area contributed by atoms with Crippen molar-refractivity contribution < 1.29 is 4.42 Å². The number of furan rings is 1. The largest absolute Gasteiger partial charge is 0.464 e. The van der Waals surface area contributed by atoms with Crippen molar-refractivity contribution in [2.45, 2.75) is 25.7 Å². The van der Waals surface area contributed by atoms with Crippen LogP contribution in [0.5, 0.6) is 0 Å². The minimum atomic E-state index is -0.00885. The van der Waals surface area contributed by atoms with E-state index in [-0.39, 0.29) is 5.56 Å². The van der Waals surface area contributed by atoms with E-state index in [0.29, 0.717) is 11.7 Å². The Morgan fingerprint density at radius 2 is 2.08 bits per heavy atom. The molecule has 1 aliphatic rings. The summed E-state index contributed by atoms with van der Waals surface area (Å²) in [7, 11) is 1.77. The lowest BCUT2D eigenvalue weighted by Gasteiger charge is -2.32. The third-order valence-electron chi connectivity index (χ3n) is 5.30. The third kappa shape index (κ3) is 3.18. The van der Waals surface area contributed by atoms with Crippen molar-refractivity contribution in [3.63, 3.8) is 0 Å². The quantitative estimate of drug-likeness (QED) is 0.732. The fourth-order valence-electron chi connectivity index (χ4n) is 3.75. The molecule has 0 atom stereocenters. The lowest BCUT2D eigenvalue weighted by atomic mass is 9.90. The van der Waals surface area contributed by atoms with E-state index in [2.05, 4.69) is 28.1 Å². The van der Waals surface area contributed by atoms with Crippen molar-refractivity contribution in [3.8, 4) is 0 Å². The van der Waals surface area contributed by atoms with Gasteiger partial charge in [-0.3, -0.25) is 4.79 Å². The highest BCUT2D eigenvalue weighted by atomic mass is 16.3. The second kappa shape index (κ2) is 6.75. The Morgan fingerprint density at radius 3 is 2.92 bits per heavy atom. The monoisotopic (exact) mass is 337 g/mol. The number of benzene rings is 1. The normalized spacial score (nSPS) is 15.8. The van der Waals surface area contributed by atoms with Gasteiger partial charge in [-0.05, 0) is 43.2 Å². The number of nitrogens with zero attached hydrogens (tertiary/aromatic N) is 3. The number of aromatic nitrogens is 2. The van der Waals surface area contributed by atoms with Crippen molar-refractivity contribution in [2.75, 3.05) is 18.0 Å². The van der Waals surface area contributed by atoms with Crippen LogP contribution in [0, 0.1) is 5.92 Å². The average Bonchev–Trinajstić information content (AvgIpc) is 3.12. The first-order chi connectivity index (χ1) is 12.2. The average molecular weight is 337 g/mol. The smallest absolute Gasteiger partial charge is 0.293 e. The van der Waals surface area contributed by atoms with Crippen molar-refractivity contribution in [1.29, 1.82) is 0 Å². The molecule has 1 aromatic carbocycles. The van der Waals surface area contributed by atoms with E-state index >= 15 is 0 Å². The van der Waals surface area contributed by atoms with E-state index in [4.69, 9.17) is 4.42 Å². The van der Waals surface area contributed by atoms with Crippen LogP contribution in [0.25, 0.3) is 11.0 Å². The van der Waals surface area contributed by atoms with Gasteiger partial charge in [0.2, 0.25) is 0 Å². The molecule has 1 fully saturated rings. The first-order valence-electron chi connectivity index (χ1n) is 8.94. The van der Waals surface area contributed by atoms with Crippen molar-refractivity contribution in [1.82, 2.24) is 9.55 Å². The summed E-state index contributed by atoms with van der Waals surface area (Å²) >= 11 is 0. The Kier molecular flexibility index (Phi) is 4.30. The molecule has 0 spiro atoms. The van der Waals surface area contributed by atoms with E-state index in [1.165, 1.54) is 10.9 Å². The second-order valence-corrected chi connectivity index (χ2v) is 6.89. The number of aryl methyl sites for hydroxylation is 2. The predicted octanol–water partition coefficient (Wildman–Crippen LogP) is 3.38. The zero-order valence-electron chi connectivity index (χ0n) is 14.5. The van der Waals surface area contributed by atoms with Gasteiger partial charge in [-0.25, -0.2) is 4.98 Å². The van der Waals surface area contributed by atoms with Crippen LogP contribution in [-0.4, -0.2) is 22.6 Å². The molecule has 3 aromatic rings. The Balaban J connectivity index is 1.37. The Hall–Kier alpha value is -2.56. The van der Waals surface area contributed by atoms with Crippen LogP contribution in [0.3, 0.4) is 0 Å². The van der Waals surface area contributed by atoms with E-state index in [0.717, 1.165) is 44.4 Å². The topological polar surface area (TPSA) is 51.3 Å². The lowest BCUT2D eigenvalue weighted by molar-refractivity contribution is 0.379. The molecule has 5 nitrogen and oxygen atoms in total. The molecule has 25 heavy (non-hydrogen) atoms. The summed E-state index contributed by atoms with van der Waals surface area (Å²) in [5, 5.41) is 1.18. The Labute approximate surface area is 146 Å². The maximum atomic E-state index is 12.2. The van der Waals surface area contributed by atoms with E-state index in [9.17, 15) is 4.79 Å². The van der Waals surface area contributed by atoms with Gasteiger partial charge in [0.25, 0.3) is 5.56 Å². The van der Waals surface area contributed by atoms with Gasteiger partial charge in [-0.2, -0.15) is 0 Å². The van der Waals surface area contributed by atoms with E-state index < -0.39 is 0 Å². The molecule has 5 heteroatoms. The number of para-hydroxylation sites is 1. The van der Waals surface area contributed by atoms with Crippen LogP contribution in [0.1, 0.15) is 24.8 Å². The number of fused-ring (bicyclic) bond motifs is 1. The zero-order chi connectivity index (χ0) is 17.2. The fourth-order valence-corrected chi connectivity index (χ4v) is 3.75. The number of hydrogen-bond donors (Lipinski definition) is 0. The SMILES string of the molecule is Cn1ccnc(N2CCC(CCc3cccc4ccoc34)CC2)c1=O. The van der Waals surface area contributed by atoms with Gasteiger partial charge in [0.15, 0.2) is 5.82 Å². The lowest BCUT2D eigenvalue weighted by Crippen LogP contribution is -2.38. The molecule has 0 N–H and O–H groups in total. The summed E-state index contributed by atoms with van der Waals surface area (Å²) in [5.41, 5.74) is 2.31. The Morgan fingerprint density at radius 1 is 1.24 bits per heavy atom. The summed E-state index contributed by atoms with van der Waals surface area (Å²) in [5.74, 6) is 1.28. The summed E-state index contributed by atoms with van der Waals surface area (Å²) < 4.78 is 7.23. The minimum Gasteiger partial charge on any atom is -0.464 e. The molecule has 0 radical (unpaired) electrons.